The minimum Gasteiger partial charge on any atom is -0.512 e. The number of benzene rings is 2. The fraction of sp³-hybridized carbons (Fsp3) is 0.333. The van der Waals surface area contributed by atoms with Gasteiger partial charge in [0.25, 0.3) is 0 Å². The summed E-state index contributed by atoms with van der Waals surface area (Å²) in [5, 5.41) is 19.8. The summed E-state index contributed by atoms with van der Waals surface area (Å²) in [4.78, 5) is 2.55. The topological polar surface area (TPSA) is 43.7 Å². The Hall–Kier alpha value is -3.14. The Morgan fingerprint density at radius 2 is 1.75 bits per heavy atom. The molecule has 1 aliphatic carbocycles. The standard InChI is InChI=1S/C33H39NO2/c1-2-3-22-34-23-20-27(21-24-34)26-14-16-30(17-15-26)33(29-11-7-12-31(36)19-18-29)32(13-8-25-35)28-9-5-4-6-10-28/h4-7,9-12,14-18,20,35-36H,2-3,8,13,19,21-25H2,1H3/b33-32-. The van der Waals surface area contributed by atoms with Gasteiger partial charge >= 0.3 is 0 Å². The molecule has 188 valence electrons. The highest BCUT2D eigenvalue weighted by molar-refractivity contribution is 6.00. The van der Waals surface area contributed by atoms with Crippen LogP contribution in [0, 0.1) is 0 Å². The summed E-state index contributed by atoms with van der Waals surface area (Å²) in [6.45, 7) is 5.77. The van der Waals surface area contributed by atoms with Crippen LogP contribution in [0.1, 0.15) is 62.1 Å². The summed E-state index contributed by atoms with van der Waals surface area (Å²) >= 11 is 0. The molecule has 2 N–H and O–H groups in total. The van der Waals surface area contributed by atoms with Crippen molar-refractivity contribution >= 4 is 16.7 Å². The number of hydrogen-bond donors (Lipinski definition) is 2. The first-order chi connectivity index (χ1) is 17.7. The van der Waals surface area contributed by atoms with Gasteiger partial charge in [-0.3, -0.25) is 4.90 Å². The van der Waals surface area contributed by atoms with Crippen LogP contribution < -0.4 is 0 Å². The van der Waals surface area contributed by atoms with Crippen molar-refractivity contribution in [2.24, 2.45) is 0 Å². The van der Waals surface area contributed by atoms with Crippen molar-refractivity contribution in [3.63, 3.8) is 0 Å². The highest BCUT2D eigenvalue weighted by atomic mass is 16.3. The maximum Gasteiger partial charge on any atom is 0.0960 e. The number of hydrogen-bond acceptors (Lipinski definition) is 3. The van der Waals surface area contributed by atoms with Gasteiger partial charge in [0.2, 0.25) is 0 Å². The molecule has 2 aromatic carbocycles. The summed E-state index contributed by atoms with van der Waals surface area (Å²) in [6, 6.07) is 19.5. The lowest BCUT2D eigenvalue weighted by Crippen LogP contribution is -2.29. The molecule has 0 unspecified atom stereocenters. The van der Waals surface area contributed by atoms with Gasteiger partial charge in [-0.05, 0) is 77.3 Å². The smallest absolute Gasteiger partial charge is 0.0960 e. The van der Waals surface area contributed by atoms with Gasteiger partial charge in [-0.15, -0.1) is 0 Å². The van der Waals surface area contributed by atoms with E-state index < -0.39 is 0 Å². The summed E-state index contributed by atoms with van der Waals surface area (Å²) < 4.78 is 0. The molecule has 0 bridgehead atoms. The zero-order chi connectivity index (χ0) is 25.2. The number of aliphatic hydroxyl groups is 2. The van der Waals surface area contributed by atoms with E-state index in [4.69, 9.17) is 0 Å². The Bertz CT molecular complexity index is 1150. The fourth-order valence-electron chi connectivity index (χ4n) is 5.03. The Morgan fingerprint density at radius 3 is 2.44 bits per heavy atom. The molecule has 1 aliphatic heterocycles. The van der Waals surface area contributed by atoms with E-state index in [-0.39, 0.29) is 6.61 Å². The number of unbranched alkanes of at least 4 members (excludes halogenated alkanes) is 1. The zero-order valence-electron chi connectivity index (χ0n) is 21.5. The molecule has 0 radical (unpaired) electrons. The number of nitrogens with zero attached hydrogens (tertiary/aromatic N) is 1. The number of aliphatic hydroxyl groups excluding tert-OH is 2. The molecule has 0 saturated carbocycles. The van der Waals surface area contributed by atoms with Crippen LogP contribution in [-0.2, 0) is 0 Å². The van der Waals surface area contributed by atoms with Crippen molar-refractivity contribution in [1.82, 2.24) is 4.90 Å². The second kappa shape index (κ2) is 13.2. The summed E-state index contributed by atoms with van der Waals surface area (Å²) in [5.41, 5.74) is 8.56. The molecule has 1 heterocycles. The molecule has 36 heavy (non-hydrogen) atoms. The van der Waals surface area contributed by atoms with Gasteiger partial charge in [0.15, 0.2) is 0 Å². The molecular weight excluding hydrogens is 442 g/mol. The van der Waals surface area contributed by atoms with E-state index in [1.54, 1.807) is 6.08 Å². The Labute approximate surface area is 216 Å². The molecule has 3 heteroatoms. The Balaban J connectivity index is 1.71. The van der Waals surface area contributed by atoms with Crippen molar-refractivity contribution in [2.45, 2.75) is 45.4 Å². The molecule has 0 aromatic heterocycles. The zero-order valence-corrected chi connectivity index (χ0v) is 21.5. The predicted octanol–water partition coefficient (Wildman–Crippen LogP) is 7.59. The van der Waals surface area contributed by atoms with Crippen LogP contribution in [0.5, 0.6) is 0 Å². The van der Waals surface area contributed by atoms with E-state index in [1.165, 1.54) is 47.2 Å². The first-order valence-electron chi connectivity index (χ1n) is 13.4. The predicted molar refractivity (Wildman–Crippen MR) is 153 cm³/mol. The van der Waals surface area contributed by atoms with Crippen LogP contribution in [0.15, 0.2) is 96.3 Å². The molecule has 0 saturated heterocycles. The summed E-state index contributed by atoms with van der Waals surface area (Å²) in [5.74, 6) is 0.366. The first kappa shape index (κ1) is 25.9. The van der Waals surface area contributed by atoms with Gasteiger partial charge in [0.1, 0.15) is 0 Å². The quantitative estimate of drug-likeness (QED) is 0.344. The highest BCUT2D eigenvalue weighted by Gasteiger charge is 2.17. The van der Waals surface area contributed by atoms with Crippen LogP contribution >= 0.6 is 0 Å². The van der Waals surface area contributed by atoms with Crippen LogP contribution in [-0.4, -0.2) is 41.4 Å². The summed E-state index contributed by atoms with van der Waals surface area (Å²) in [7, 11) is 0. The maximum atomic E-state index is 10.1. The van der Waals surface area contributed by atoms with Gasteiger partial charge in [0.05, 0.1) is 5.76 Å². The molecule has 0 fully saturated rings. The average Bonchev–Trinajstić information content (AvgIpc) is 3.15. The number of rotatable bonds is 10. The van der Waals surface area contributed by atoms with E-state index in [2.05, 4.69) is 78.6 Å². The molecule has 2 aliphatic rings. The molecule has 3 nitrogen and oxygen atoms in total. The Morgan fingerprint density at radius 1 is 0.944 bits per heavy atom. The molecule has 0 atom stereocenters. The lowest BCUT2D eigenvalue weighted by atomic mass is 9.85. The normalized spacial score (nSPS) is 17.1. The molecule has 0 spiro atoms. The third-order valence-electron chi connectivity index (χ3n) is 7.06. The van der Waals surface area contributed by atoms with Crippen LogP contribution in [0.2, 0.25) is 0 Å². The number of allylic oxidation sites excluding steroid dienone is 7. The van der Waals surface area contributed by atoms with Crippen LogP contribution in [0.3, 0.4) is 0 Å². The Kier molecular flexibility index (Phi) is 9.54. The molecule has 0 amide bonds. The largest absolute Gasteiger partial charge is 0.512 e. The molecular formula is C33H39NO2. The first-order valence-corrected chi connectivity index (χ1v) is 13.4. The fourth-order valence-corrected chi connectivity index (χ4v) is 5.03. The van der Waals surface area contributed by atoms with E-state index >= 15 is 0 Å². The third-order valence-corrected chi connectivity index (χ3v) is 7.06. The van der Waals surface area contributed by atoms with E-state index in [0.717, 1.165) is 37.1 Å². The van der Waals surface area contributed by atoms with E-state index in [0.29, 0.717) is 18.6 Å². The van der Waals surface area contributed by atoms with Gasteiger partial charge in [0, 0.05) is 26.1 Å². The molecule has 2 aromatic rings. The minimum atomic E-state index is 0.156. The SMILES string of the molecule is CCCCN1CC=C(c2ccc(/C(C3=CCC(O)=CC=C3)=C(/CCCO)c3ccccc3)cc2)CC1. The third kappa shape index (κ3) is 6.75. The van der Waals surface area contributed by atoms with Crippen molar-refractivity contribution < 1.29 is 10.2 Å². The maximum absolute atomic E-state index is 10.1. The minimum absolute atomic E-state index is 0.156. The lowest BCUT2D eigenvalue weighted by molar-refractivity contribution is 0.290. The van der Waals surface area contributed by atoms with Gasteiger partial charge in [-0.25, -0.2) is 0 Å². The second-order valence-electron chi connectivity index (χ2n) is 9.64. The van der Waals surface area contributed by atoms with Crippen LogP contribution in [0.4, 0.5) is 0 Å². The van der Waals surface area contributed by atoms with Crippen molar-refractivity contribution in [3.05, 3.63) is 113 Å². The van der Waals surface area contributed by atoms with Crippen molar-refractivity contribution in [1.29, 1.82) is 0 Å². The monoisotopic (exact) mass is 481 g/mol. The second-order valence-corrected chi connectivity index (χ2v) is 9.64. The average molecular weight is 482 g/mol. The highest BCUT2D eigenvalue weighted by Crippen LogP contribution is 2.37. The lowest BCUT2D eigenvalue weighted by Gasteiger charge is -2.26. The molecule has 4 rings (SSSR count). The van der Waals surface area contributed by atoms with E-state index in [1.807, 2.05) is 12.1 Å². The van der Waals surface area contributed by atoms with E-state index in [9.17, 15) is 10.2 Å². The van der Waals surface area contributed by atoms with Gasteiger partial charge in [-0.1, -0.05) is 92.2 Å². The summed E-state index contributed by atoms with van der Waals surface area (Å²) in [6.07, 6.45) is 15.9. The van der Waals surface area contributed by atoms with Gasteiger partial charge < -0.3 is 10.2 Å². The van der Waals surface area contributed by atoms with Gasteiger partial charge in [-0.2, -0.15) is 0 Å². The van der Waals surface area contributed by atoms with Crippen molar-refractivity contribution in [2.75, 3.05) is 26.2 Å². The van der Waals surface area contributed by atoms with Crippen molar-refractivity contribution in [3.8, 4) is 0 Å². The van der Waals surface area contributed by atoms with Crippen LogP contribution in [0.25, 0.3) is 16.7 Å².